The summed E-state index contributed by atoms with van der Waals surface area (Å²) in [5, 5.41) is 12.5. The number of halogens is 3. The van der Waals surface area contributed by atoms with Gasteiger partial charge in [-0.2, -0.15) is 18.2 Å². The van der Waals surface area contributed by atoms with Gasteiger partial charge in [0.05, 0.1) is 11.3 Å². The molecule has 0 atom stereocenters. The Balaban J connectivity index is 1.73. The molecule has 2 aromatic heterocycles. The fourth-order valence-electron chi connectivity index (χ4n) is 3.45. The maximum Gasteiger partial charge on any atom is 0.416 e. The maximum absolute atomic E-state index is 13.0. The van der Waals surface area contributed by atoms with E-state index < -0.39 is 29.2 Å². The van der Waals surface area contributed by atoms with E-state index >= 15 is 0 Å². The van der Waals surface area contributed by atoms with Crippen LogP contribution in [0.15, 0.2) is 59.5 Å². The third kappa shape index (κ3) is 4.27. The van der Waals surface area contributed by atoms with Gasteiger partial charge in [0.2, 0.25) is 0 Å². The molecule has 0 aliphatic carbocycles. The van der Waals surface area contributed by atoms with Gasteiger partial charge < -0.3 is 15.0 Å². The van der Waals surface area contributed by atoms with Crippen molar-refractivity contribution >= 4 is 22.5 Å². The number of anilines is 1. The minimum absolute atomic E-state index is 0.0559. The second-order valence-corrected chi connectivity index (χ2v) is 7.43. The van der Waals surface area contributed by atoms with Crippen molar-refractivity contribution in [3.05, 3.63) is 81.8 Å². The first kappa shape index (κ1) is 22.0. The molecule has 0 saturated carbocycles. The van der Waals surface area contributed by atoms with Gasteiger partial charge in [0, 0.05) is 35.4 Å². The first-order chi connectivity index (χ1) is 15.5. The number of amides is 1. The maximum atomic E-state index is 13.0. The van der Waals surface area contributed by atoms with Crippen molar-refractivity contribution in [1.29, 1.82) is 0 Å². The van der Waals surface area contributed by atoms with Crippen LogP contribution in [-0.4, -0.2) is 25.5 Å². The van der Waals surface area contributed by atoms with Crippen molar-refractivity contribution in [3.8, 4) is 17.3 Å². The largest absolute Gasteiger partial charge is 0.479 e. The van der Waals surface area contributed by atoms with Crippen molar-refractivity contribution in [2.24, 2.45) is 7.05 Å². The van der Waals surface area contributed by atoms with Gasteiger partial charge in [-0.05, 0) is 48.9 Å². The number of rotatable bonds is 3. The number of benzene rings is 2. The average Bonchev–Trinajstić information content (AvgIpc) is 2.77. The monoisotopic (exact) mass is 454 g/mol. The summed E-state index contributed by atoms with van der Waals surface area (Å²) in [6.07, 6.45) is -3.23. The quantitative estimate of drug-likeness (QED) is 0.482. The van der Waals surface area contributed by atoms with Crippen LogP contribution in [0.25, 0.3) is 22.2 Å². The molecule has 33 heavy (non-hydrogen) atoms. The molecule has 2 N–H and O–H groups in total. The van der Waals surface area contributed by atoms with Crippen LogP contribution >= 0.6 is 0 Å². The van der Waals surface area contributed by atoms with Crippen LogP contribution in [0.3, 0.4) is 0 Å². The Morgan fingerprint density at radius 2 is 1.88 bits per heavy atom. The summed E-state index contributed by atoms with van der Waals surface area (Å²) in [5.41, 5.74) is 0.814. The van der Waals surface area contributed by atoms with Crippen LogP contribution in [0.4, 0.5) is 18.9 Å². The van der Waals surface area contributed by atoms with E-state index in [4.69, 9.17) is 0 Å². The molecule has 168 valence electrons. The molecule has 0 radical (unpaired) electrons. The van der Waals surface area contributed by atoms with Gasteiger partial charge in [0.1, 0.15) is 5.52 Å². The Labute approximate surface area is 185 Å². The van der Waals surface area contributed by atoms with Crippen LogP contribution in [0, 0.1) is 6.92 Å². The number of aryl methyl sites for hydroxylation is 1. The van der Waals surface area contributed by atoms with E-state index in [0.29, 0.717) is 22.3 Å². The van der Waals surface area contributed by atoms with Gasteiger partial charge in [-0.3, -0.25) is 9.59 Å². The molecule has 0 fully saturated rings. The van der Waals surface area contributed by atoms with Gasteiger partial charge >= 0.3 is 12.2 Å². The summed E-state index contributed by atoms with van der Waals surface area (Å²) in [4.78, 5) is 32.8. The number of aromatic hydroxyl groups is 1. The van der Waals surface area contributed by atoms with E-state index in [1.54, 1.807) is 31.3 Å². The lowest BCUT2D eigenvalue weighted by atomic mass is 10.0. The number of fused-ring (bicyclic) bond motifs is 1. The molecule has 7 nitrogen and oxygen atoms in total. The molecule has 0 aliphatic heterocycles. The van der Waals surface area contributed by atoms with Crippen LogP contribution in [-0.2, 0) is 13.2 Å². The summed E-state index contributed by atoms with van der Waals surface area (Å²) >= 11 is 0. The predicted octanol–water partition coefficient (Wildman–Crippen LogP) is 4.28. The number of hydrogen-bond acceptors (Lipinski definition) is 5. The summed E-state index contributed by atoms with van der Waals surface area (Å²) in [7, 11) is 1.55. The number of alkyl halides is 3. The van der Waals surface area contributed by atoms with Crippen molar-refractivity contribution < 1.29 is 23.1 Å². The first-order valence-corrected chi connectivity index (χ1v) is 9.70. The van der Waals surface area contributed by atoms with Crippen molar-refractivity contribution in [2.45, 2.75) is 13.1 Å². The van der Waals surface area contributed by atoms with Gasteiger partial charge in [0.25, 0.3) is 11.5 Å². The normalized spacial score (nSPS) is 11.5. The molecule has 0 saturated heterocycles. The molecule has 0 aliphatic rings. The lowest BCUT2D eigenvalue weighted by molar-refractivity contribution is -0.137. The Hall–Kier alpha value is -4.21. The van der Waals surface area contributed by atoms with Gasteiger partial charge in [0.15, 0.2) is 0 Å². The van der Waals surface area contributed by atoms with Gasteiger partial charge in [-0.25, -0.2) is 4.98 Å². The highest BCUT2D eigenvalue weighted by molar-refractivity contribution is 6.04. The summed E-state index contributed by atoms with van der Waals surface area (Å²) in [6, 6.07) is 10.3. The van der Waals surface area contributed by atoms with Crippen molar-refractivity contribution in [2.75, 3.05) is 5.32 Å². The Morgan fingerprint density at radius 3 is 2.61 bits per heavy atom. The predicted molar refractivity (Wildman–Crippen MR) is 116 cm³/mol. The number of pyridine rings is 1. The van der Waals surface area contributed by atoms with E-state index in [1.165, 1.54) is 22.9 Å². The zero-order valence-electron chi connectivity index (χ0n) is 17.4. The zero-order valence-corrected chi connectivity index (χ0v) is 17.4. The fraction of sp³-hybridized carbons (Fsp3) is 0.130. The average molecular weight is 454 g/mol. The smallest absolute Gasteiger partial charge is 0.416 e. The molecule has 10 heteroatoms. The summed E-state index contributed by atoms with van der Waals surface area (Å²) in [5.74, 6) is -0.702. The number of aromatic nitrogens is 3. The molecular formula is C23H17F3N4O3. The lowest BCUT2D eigenvalue weighted by Gasteiger charge is -2.15. The van der Waals surface area contributed by atoms with Gasteiger partial charge in [-0.15, -0.1) is 0 Å². The Bertz CT molecular complexity index is 1460. The number of carbonyl (C=O) groups is 1. The third-order valence-electron chi connectivity index (χ3n) is 5.19. The summed E-state index contributed by atoms with van der Waals surface area (Å²) < 4.78 is 40.3. The number of hydrogen-bond donors (Lipinski definition) is 2. The highest BCUT2D eigenvalue weighted by atomic mass is 19.4. The molecule has 1 amide bonds. The van der Waals surface area contributed by atoms with E-state index in [0.717, 1.165) is 17.7 Å². The minimum Gasteiger partial charge on any atom is -0.479 e. The second-order valence-electron chi connectivity index (χ2n) is 7.43. The molecule has 0 bridgehead atoms. The topological polar surface area (TPSA) is 97.1 Å². The standard InChI is InChI=1S/C23H17F3N4O3/c1-12-6-7-16(28-20(31)13-4-3-5-15(8-13)23(24,25)26)10-17(12)18-9-14-11-27-22(33)29-19(14)21(32)30(18)2/h3-11H,1-2H3,(H,28,31)(H,27,29,33). The van der Waals surface area contributed by atoms with Crippen molar-refractivity contribution in [3.63, 3.8) is 0 Å². The van der Waals surface area contributed by atoms with Crippen LogP contribution < -0.4 is 10.9 Å². The Kier molecular flexibility index (Phi) is 5.36. The minimum atomic E-state index is -4.56. The van der Waals surface area contributed by atoms with E-state index in [-0.39, 0.29) is 11.1 Å². The van der Waals surface area contributed by atoms with E-state index in [9.17, 15) is 27.9 Å². The Morgan fingerprint density at radius 1 is 1.12 bits per heavy atom. The van der Waals surface area contributed by atoms with Crippen molar-refractivity contribution in [1.82, 2.24) is 14.5 Å². The van der Waals surface area contributed by atoms with Crippen LogP contribution in [0.2, 0.25) is 0 Å². The van der Waals surface area contributed by atoms with E-state index in [1.807, 2.05) is 6.92 Å². The molecule has 0 spiro atoms. The number of nitrogens with zero attached hydrogens (tertiary/aromatic N) is 3. The summed E-state index contributed by atoms with van der Waals surface area (Å²) in [6.45, 7) is 1.82. The first-order valence-electron chi connectivity index (χ1n) is 9.70. The molecule has 4 aromatic rings. The van der Waals surface area contributed by atoms with Gasteiger partial charge in [-0.1, -0.05) is 12.1 Å². The molecule has 2 aromatic carbocycles. The molecule has 4 rings (SSSR count). The molecular weight excluding hydrogens is 437 g/mol. The fourth-order valence-corrected chi connectivity index (χ4v) is 3.45. The molecule has 2 heterocycles. The number of nitrogens with one attached hydrogen (secondary N) is 1. The molecule has 0 unspecified atom stereocenters. The second kappa shape index (κ2) is 8.05. The SMILES string of the molecule is Cc1ccc(NC(=O)c2cccc(C(F)(F)F)c2)cc1-c1cc2cnc(O)nc2c(=O)n1C. The highest BCUT2D eigenvalue weighted by Crippen LogP contribution is 2.30. The number of carbonyl (C=O) groups excluding carboxylic acids is 1. The zero-order chi connectivity index (χ0) is 23.9. The van der Waals surface area contributed by atoms with E-state index in [2.05, 4.69) is 15.3 Å². The lowest BCUT2D eigenvalue weighted by Crippen LogP contribution is -2.20. The van der Waals surface area contributed by atoms with Crippen LogP contribution in [0.5, 0.6) is 6.01 Å². The third-order valence-corrected chi connectivity index (χ3v) is 5.19. The highest BCUT2D eigenvalue weighted by Gasteiger charge is 2.30. The van der Waals surface area contributed by atoms with Crippen LogP contribution in [0.1, 0.15) is 21.5 Å².